The summed E-state index contributed by atoms with van der Waals surface area (Å²) in [6, 6.07) is 8.77. The van der Waals surface area contributed by atoms with Gasteiger partial charge < -0.3 is 10.4 Å². The van der Waals surface area contributed by atoms with E-state index in [0.717, 1.165) is 4.90 Å². The number of likely N-dealkylation sites (tertiary alicyclic amines) is 1. The summed E-state index contributed by atoms with van der Waals surface area (Å²) in [6.07, 6.45) is 0.550. The van der Waals surface area contributed by atoms with Crippen molar-refractivity contribution in [3.63, 3.8) is 0 Å². The first kappa shape index (κ1) is 15.2. The van der Waals surface area contributed by atoms with Gasteiger partial charge in [0.05, 0.1) is 0 Å². The Morgan fingerprint density at radius 1 is 1.24 bits per heavy atom. The standard InChI is InChI=1S/C15H18N2O4/c1-16-15(14(20)21,11-5-3-2-4-6-11)9-10-17-12(18)7-8-13(17)19/h2-6,16H,7-10H2,1H3,(H,20,21). The Balaban J connectivity index is 2.23. The highest BCUT2D eigenvalue weighted by Gasteiger charge is 2.40. The van der Waals surface area contributed by atoms with Crippen LogP contribution in [0, 0.1) is 0 Å². The lowest BCUT2D eigenvalue weighted by molar-refractivity contribution is -0.147. The van der Waals surface area contributed by atoms with Crippen LogP contribution in [0.2, 0.25) is 0 Å². The maximum atomic E-state index is 11.8. The summed E-state index contributed by atoms with van der Waals surface area (Å²) in [5, 5.41) is 12.5. The summed E-state index contributed by atoms with van der Waals surface area (Å²) in [5.41, 5.74) is -0.719. The predicted molar refractivity (Wildman–Crippen MR) is 75.4 cm³/mol. The second-order valence-electron chi connectivity index (χ2n) is 5.02. The van der Waals surface area contributed by atoms with Crippen LogP contribution in [0.5, 0.6) is 0 Å². The molecule has 0 aliphatic carbocycles. The highest BCUT2D eigenvalue weighted by atomic mass is 16.4. The molecule has 6 heteroatoms. The van der Waals surface area contributed by atoms with Crippen LogP contribution < -0.4 is 5.32 Å². The van der Waals surface area contributed by atoms with Crippen LogP contribution >= 0.6 is 0 Å². The van der Waals surface area contributed by atoms with Crippen LogP contribution in [0.15, 0.2) is 30.3 Å². The van der Waals surface area contributed by atoms with Gasteiger partial charge in [0.1, 0.15) is 5.54 Å². The zero-order chi connectivity index (χ0) is 15.5. The van der Waals surface area contributed by atoms with E-state index in [2.05, 4.69) is 5.32 Å². The van der Waals surface area contributed by atoms with E-state index in [9.17, 15) is 19.5 Å². The molecule has 2 rings (SSSR count). The second-order valence-corrected chi connectivity index (χ2v) is 5.02. The molecule has 2 amide bonds. The minimum Gasteiger partial charge on any atom is -0.480 e. The molecule has 1 aliphatic rings. The predicted octanol–water partition coefficient (Wildman–Crippen LogP) is 0.725. The lowest BCUT2D eigenvalue weighted by atomic mass is 9.86. The smallest absolute Gasteiger partial charge is 0.328 e. The number of nitrogens with one attached hydrogen (secondary N) is 1. The largest absolute Gasteiger partial charge is 0.480 e. The SMILES string of the molecule is CNC(CCN1C(=O)CCC1=O)(C(=O)O)c1ccccc1. The summed E-state index contributed by atoms with van der Waals surface area (Å²) in [6.45, 7) is 0.0969. The Hall–Kier alpha value is -2.21. The fourth-order valence-corrected chi connectivity index (χ4v) is 2.63. The van der Waals surface area contributed by atoms with E-state index in [1.807, 2.05) is 0 Å². The first-order chi connectivity index (χ1) is 10.0. The molecule has 1 unspecified atom stereocenters. The van der Waals surface area contributed by atoms with Gasteiger partial charge in [0.25, 0.3) is 0 Å². The molecule has 2 N–H and O–H groups in total. The molecule has 1 saturated heterocycles. The Bertz CT molecular complexity index is 542. The van der Waals surface area contributed by atoms with Gasteiger partial charge in [-0.05, 0) is 19.0 Å². The van der Waals surface area contributed by atoms with Crippen molar-refractivity contribution >= 4 is 17.8 Å². The van der Waals surface area contributed by atoms with Crippen molar-refractivity contribution in [2.45, 2.75) is 24.8 Å². The minimum atomic E-state index is -1.32. The number of rotatable bonds is 6. The number of amides is 2. The highest BCUT2D eigenvalue weighted by Crippen LogP contribution is 2.26. The number of benzene rings is 1. The number of carboxylic acid groups (broad SMARTS) is 1. The third-order valence-corrected chi connectivity index (χ3v) is 3.92. The molecule has 1 aromatic carbocycles. The van der Waals surface area contributed by atoms with E-state index >= 15 is 0 Å². The van der Waals surface area contributed by atoms with Crippen LogP contribution in [0.25, 0.3) is 0 Å². The first-order valence-corrected chi connectivity index (χ1v) is 6.82. The number of carbonyl (C=O) groups is 3. The minimum absolute atomic E-state index is 0.0969. The van der Waals surface area contributed by atoms with Gasteiger partial charge in [-0.2, -0.15) is 0 Å². The molecule has 112 valence electrons. The summed E-state index contributed by atoms with van der Waals surface area (Å²) in [7, 11) is 1.56. The van der Waals surface area contributed by atoms with E-state index in [1.54, 1.807) is 37.4 Å². The van der Waals surface area contributed by atoms with Crippen LogP contribution in [0.4, 0.5) is 0 Å². The van der Waals surface area contributed by atoms with E-state index in [4.69, 9.17) is 0 Å². The van der Waals surface area contributed by atoms with E-state index < -0.39 is 11.5 Å². The molecular weight excluding hydrogens is 272 g/mol. The van der Waals surface area contributed by atoms with Crippen molar-refractivity contribution in [1.29, 1.82) is 0 Å². The average molecular weight is 290 g/mol. The molecule has 0 aromatic heterocycles. The van der Waals surface area contributed by atoms with Crippen molar-refractivity contribution in [1.82, 2.24) is 10.2 Å². The molecule has 0 saturated carbocycles. The fourth-order valence-electron chi connectivity index (χ4n) is 2.63. The maximum absolute atomic E-state index is 11.8. The number of hydrogen-bond acceptors (Lipinski definition) is 4. The summed E-state index contributed by atoms with van der Waals surface area (Å²) in [4.78, 5) is 36.2. The second kappa shape index (κ2) is 6.05. The third kappa shape index (κ3) is 2.80. The molecule has 6 nitrogen and oxygen atoms in total. The molecule has 1 heterocycles. The average Bonchev–Trinajstić information content (AvgIpc) is 2.80. The quantitative estimate of drug-likeness (QED) is 0.754. The number of aliphatic carboxylic acids is 1. The summed E-state index contributed by atoms with van der Waals surface area (Å²) >= 11 is 0. The van der Waals surface area contributed by atoms with Crippen molar-refractivity contribution in [2.24, 2.45) is 0 Å². The number of hydrogen-bond donors (Lipinski definition) is 2. The molecule has 0 bridgehead atoms. The van der Waals surface area contributed by atoms with Crippen molar-refractivity contribution < 1.29 is 19.5 Å². The summed E-state index contributed by atoms with van der Waals surface area (Å²) in [5.74, 6) is -1.50. The third-order valence-electron chi connectivity index (χ3n) is 3.92. The normalized spacial score (nSPS) is 17.9. The topological polar surface area (TPSA) is 86.7 Å². The van der Waals surface area contributed by atoms with Gasteiger partial charge in [-0.1, -0.05) is 30.3 Å². The highest BCUT2D eigenvalue weighted by molar-refractivity contribution is 6.01. The van der Waals surface area contributed by atoms with Crippen LogP contribution in [0.3, 0.4) is 0 Å². The van der Waals surface area contributed by atoms with Crippen molar-refractivity contribution in [3.8, 4) is 0 Å². The number of imide groups is 1. The molecule has 21 heavy (non-hydrogen) atoms. The molecule has 1 atom stereocenters. The van der Waals surface area contributed by atoms with Gasteiger partial charge >= 0.3 is 5.97 Å². The fraction of sp³-hybridized carbons (Fsp3) is 0.400. The van der Waals surface area contributed by atoms with Crippen LogP contribution in [-0.4, -0.2) is 41.4 Å². The van der Waals surface area contributed by atoms with Crippen molar-refractivity contribution in [2.75, 3.05) is 13.6 Å². The summed E-state index contributed by atoms with van der Waals surface area (Å²) < 4.78 is 0. The molecule has 1 aliphatic heterocycles. The number of carbonyl (C=O) groups excluding carboxylic acids is 2. The Kier molecular flexibility index (Phi) is 4.37. The zero-order valence-corrected chi connectivity index (χ0v) is 11.8. The van der Waals surface area contributed by atoms with E-state index in [-0.39, 0.29) is 37.6 Å². The number of likely N-dealkylation sites (N-methyl/N-ethyl adjacent to an activating group) is 1. The van der Waals surface area contributed by atoms with Gasteiger partial charge in [-0.15, -0.1) is 0 Å². The molecular formula is C15H18N2O4. The van der Waals surface area contributed by atoms with Gasteiger partial charge in [-0.3, -0.25) is 14.5 Å². The van der Waals surface area contributed by atoms with Gasteiger partial charge in [0, 0.05) is 19.4 Å². The van der Waals surface area contributed by atoms with Crippen molar-refractivity contribution in [3.05, 3.63) is 35.9 Å². The Morgan fingerprint density at radius 2 is 1.81 bits per heavy atom. The van der Waals surface area contributed by atoms with Gasteiger partial charge in [-0.25, -0.2) is 4.79 Å². The number of nitrogens with zero attached hydrogens (tertiary/aromatic N) is 1. The maximum Gasteiger partial charge on any atom is 0.328 e. The molecule has 1 fully saturated rings. The van der Waals surface area contributed by atoms with E-state index in [0.29, 0.717) is 5.56 Å². The molecule has 1 aromatic rings. The Morgan fingerprint density at radius 3 is 2.29 bits per heavy atom. The zero-order valence-electron chi connectivity index (χ0n) is 11.8. The van der Waals surface area contributed by atoms with E-state index in [1.165, 1.54) is 0 Å². The monoisotopic (exact) mass is 290 g/mol. The first-order valence-electron chi connectivity index (χ1n) is 6.82. The lowest BCUT2D eigenvalue weighted by Crippen LogP contribution is -2.50. The Labute approximate surface area is 122 Å². The van der Waals surface area contributed by atoms with Gasteiger partial charge in [0.2, 0.25) is 11.8 Å². The number of carboxylic acids is 1. The lowest BCUT2D eigenvalue weighted by Gasteiger charge is -2.31. The molecule has 0 spiro atoms. The molecule has 0 radical (unpaired) electrons. The van der Waals surface area contributed by atoms with Crippen LogP contribution in [-0.2, 0) is 19.9 Å². The van der Waals surface area contributed by atoms with Gasteiger partial charge in [0.15, 0.2) is 0 Å². The van der Waals surface area contributed by atoms with Crippen LogP contribution in [0.1, 0.15) is 24.8 Å².